The first-order valence-corrected chi connectivity index (χ1v) is 5.09. The standard InChI is InChI=1S/C10H6ClFN4O2/c11-7-3-6(1-2-10(17)18)9(4-8(7)12)16-5-13-14-15-16/h1-5H,(H,17,18)/b2-1+. The van der Waals surface area contributed by atoms with Crippen molar-refractivity contribution in [2.45, 2.75) is 0 Å². The fourth-order valence-electron chi connectivity index (χ4n) is 1.32. The summed E-state index contributed by atoms with van der Waals surface area (Å²) < 4.78 is 14.6. The number of aliphatic carboxylic acids is 1. The van der Waals surface area contributed by atoms with Gasteiger partial charge in [-0.25, -0.2) is 9.18 Å². The SMILES string of the molecule is O=C(O)/C=C/c1cc(Cl)c(F)cc1-n1cnnn1. The normalized spacial score (nSPS) is 11.0. The Kier molecular flexibility index (Phi) is 3.33. The quantitative estimate of drug-likeness (QED) is 0.854. The summed E-state index contributed by atoms with van der Waals surface area (Å²) in [7, 11) is 0. The first-order chi connectivity index (χ1) is 8.58. The maximum absolute atomic E-state index is 13.4. The summed E-state index contributed by atoms with van der Waals surface area (Å²) in [5.74, 6) is -1.77. The number of carboxylic acids is 1. The van der Waals surface area contributed by atoms with E-state index >= 15 is 0 Å². The van der Waals surface area contributed by atoms with Crippen LogP contribution in [-0.2, 0) is 4.79 Å². The van der Waals surface area contributed by atoms with Crippen molar-refractivity contribution in [3.8, 4) is 5.69 Å². The van der Waals surface area contributed by atoms with E-state index in [9.17, 15) is 9.18 Å². The van der Waals surface area contributed by atoms with Gasteiger partial charge in [0, 0.05) is 17.7 Å². The molecule has 1 heterocycles. The van der Waals surface area contributed by atoms with E-state index in [4.69, 9.17) is 16.7 Å². The van der Waals surface area contributed by atoms with Crippen LogP contribution in [0.25, 0.3) is 11.8 Å². The Morgan fingerprint density at radius 2 is 2.28 bits per heavy atom. The molecule has 2 rings (SSSR count). The van der Waals surface area contributed by atoms with Gasteiger partial charge in [-0.15, -0.1) is 5.10 Å². The summed E-state index contributed by atoms with van der Waals surface area (Å²) in [5, 5.41) is 18.9. The zero-order chi connectivity index (χ0) is 13.1. The van der Waals surface area contributed by atoms with Gasteiger partial charge in [-0.1, -0.05) is 11.6 Å². The summed E-state index contributed by atoms with van der Waals surface area (Å²) >= 11 is 5.65. The Morgan fingerprint density at radius 1 is 1.50 bits per heavy atom. The number of hydrogen-bond donors (Lipinski definition) is 1. The lowest BCUT2D eigenvalue weighted by molar-refractivity contribution is -0.131. The van der Waals surface area contributed by atoms with Gasteiger partial charge in [0.2, 0.25) is 0 Å². The molecule has 2 aromatic rings. The Morgan fingerprint density at radius 3 is 2.89 bits per heavy atom. The second kappa shape index (κ2) is 4.92. The largest absolute Gasteiger partial charge is 0.478 e. The minimum absolute atomic E-state index is 0.114. The van der Waals surface area contributed by atoms with Crippen molar-refractivity contribution in [2.75, 3.05) is 0 Å². The molecule has 1 aromatic heterocycles. The predicted octanol–water partition coefficient (Wildman–Crippen LogP) is 1.55. The summed E-state index contributed by atoms with van der Waals surface area (Å²) in [6.45, 7) is 0. The fraction of sp³-hybridized carbons (Fsp3) is 0. The van der Waals surface area contributed by atoms with Crippen molar-refractivity contribution in [3.05, 3.63) is 40.9 Å². The predicted molar refractivity (Wildman–Crippen MR) is 60.8 cm³/mol. The molecule has 92 valence electrons. The highest BCUT2D eigenvalue weighted by Gasteiger charge is 2.10. The molecule has 18 heavy (non-hydrogen) atoms. The van der Waals surface area contributed by atoms with Gasteiger partial charge in [0.1, 0.15) is 12.1 Å². The molecule has 0 aliphatic carbocycles. The van der Waals surface area contributed by atoms with E-state index in [-0.39, 0.29) is 5.02 Å². The zero-order valence-corrected chi connectivity index (χ0v) is 9.54. The molecule has 0 aliphatic rings. The number of nitrogens with zero attached hydrogens (tertiary/aromatic N) is 4. The molecule has 0 spiro atoms. The first kappa shape index (κ1) is 12.2. The molecule has 0 unspecified atom stereocenters. The Balaban J connectivity index is 2.56. The summed E-state index contributed by atoms with van der Waals surface area (Å²) in [4.78, 5) is 10.5. The van der Waals surface area contributed by atoms with Crippen LogP contribution in [0, 0.1) is 5.82 Å². The molecule has 0 atom stereocenters. The van der Waals surface area contributed by atoms with Crippen LogP contribution >= 0.6 is 11.6 Å². The van der Waals surface area contributed by atoms with E-state index in [1.54, 1.807) is 0 Å². The third kappa shape index (κ3) is 2.51. The highest BCUT2D eigenvalue weighted by atomic mass is 35.5. The Hall–Kier alpha value is -2.28. The van der Waals surface area contributed by atoms with Gasteiger partial charge in [0.15, 0.2) is 0 Å². The second-order valence-corrected chi connectivity index (χ2v) is 3.66. The molecule has 0 fully saturated rings. The highest BCUT2D eigenvalue weighted by Crippen LogP contribution is 2.23. The lowest BCUT2D eigenvalue weighted by Gasteiger charge is -2.06. The van der Waals surface area contributed by atoms with Crippen molar-refractivity contribution in [1.29, 1.82) is 0 Å². The van der Waals surface area contributed by atoms with Crippen LogP contribution in [0.1, 0.15) is 5.56 Å². The van der Waals surface area contributed by atoms with Crippen molar-refractivity contribution in [3.63, 3.8) is 0 Å². The van der Waals surface area contributed by atoms with Crippen LogP contribution in [0.2, 0.25) is 5.02 Å². The maximum atomic E-state index is 13.4. The minimum Gasteiger partial charge on any atom is -0.478 e. The average molecular weight is 269 g/mol. The monoisotopic (exact) mass is 268 g/mol. The summed E-state index contributed by atoms with van der Waals surface area (Å²) in [5.41, 5.74) is 0.676. The maximum Gasteiger partial charge on any atom is 0.328 e. The minimum atomic E-state index is -1.13. The fourth-order valence-corrected chi connectivity index (χ4v) is 1.49. The molecule has 0 saturated carbocycles. The first-order valence-electron chi connectivity index (χ1n) is 4.71. The number of benzene rings is 1. The van der Waals surface area contributed by atoms with E-state index in [0.29, 0.717) is 11.3 Å². The molecule has 0 bridgehead atoms. The highest BCUT2D eigenvalue weighted by molar-refractivity contribution is 6.31. The van der Waals surface area contributed by atoms with Crippen LogP contribution in [0.3, 0.4) is 0 Å². The van der Waals surface area contributed by atoms with Gasteiger partial charge >= 0.3 is 5.97 Å². The molecule has 0 radical (unpaired) electrons. The van der Waals surface area contributed by atoms with Crippen LogP contribution in [-0.4, -0.2) is 31.3 Å². The summed E-state index contributed by atoms with van der Waals surface area (Å²) in [6, 6.07) is 2.42. The van der Waals surface area contributed by atoms with Crippen molar-refractivity contribution in [1.82, 2.24) is 20.2 Å². The topological polar surface area (TPSA) is 80.9 Å². The zero-order valence-electron chi connectivity index (χ0n) is 8.79. The third-order valence-corrected chi connectivity index (χ3v) is 2.36. The van der Waals surface area contributed by atoms with Crippen LogP contribution in [0.15, 0.2) is 24.5 Å². The van der Waals surface area contributed by atoms with Gasteiger partial charge in [-0.2, -0.15) is 4.68 Å². The number of tetrazole rings is 1. The molecular weight excluding hydrogens is 263 g/mol. The lowest BCUT2D eigenvalue weighted by atomic mass is 10.1. The van der Waals surface area contributed by atoms with E-state index in [2.05, 4.69) is 15.5 Å². The van der Waals surface area contributed by atoms with Crippen molar-refractivity contribution in [2.24, 2.45) is 0 Å². The summed E-state index contributed by atoms with van der Waals surface area (Å²) in [6.07, 6.45) is 3.46. The van der Waals surface area contributed by atoms with Gasteiger partial charge in [-0.05, 0) is 22.6 Å². The molecule has 0 saturated heterocycles. The van der Waals surface area contributed by atoms with E-state index < -0.39 is 11.8 Å². The van der Waals surface area contributed by atoms with E-state index in [1.807, 2.05) is 0 Å². The molecule has 1 aromatic carbocycles. The van der Waals surface area contributed by atoms with E-state index in [1.165, 1.54) is 23.2 Å². The number of aromatic nitrogens is 4. The molecule has 0 amide bonds. The number of carbonyl (C=O) groups is 1. The number of halogens is 2. The Bertz CT molecular complexity index is 613. The van der Waals surface area contributed by atoms with Gasteiger partial charge < -0.3 is 5.11 Å². The smallest absolute Gasteiger partial charge is 0.328 e. The van der Waals surface area contributed by atoms with Gasteiger partial charge in [-0.3, -0.25) is 0 Å². The van der Waals surface area contributed by atoms with Crippen LogP contribution in [0.5, 0.6) is 0 Å². The lowest BCUT2D eigenvalue weighted by Crippen LogP contribution is -2.00. The third-order valence-electron chi connectivity index (χ3n) is 2.07. The average Bonchev–Trinajstić information content (AvgIpc) is 2.83. The number of carboxylic acid groups (broad SMARTS) is 1. The molecule has 8 heteroatoms. The molecular formula is C10H6ClFN4O2. The second-order valence-electron chi connectivity index (χ2n) is 3.25. The van der Waals surface area contributed by atoms with Crippen molar-refractivity contribution < 1.29 is 14.3 Å². The van der Waals surface area contributed by atoms with E-state index in [0.717, 1.165) is 12.1 Å². The van der Waals surface area contributed by atoms with Gasteiger partial charge in [0.25, 0.3) is 0 Å². The molecule has 0 aliphatic heterocycles. The number of rotatable bonds is 3. The van der Waals surface area contributed by atoms with Gasteiger partial charge in [0.05, 0.1) is 10.7 Å². The van der Waals surface area contributed by atoms with Crippen molar-refractivity contribution >= 4 is 23.6 Å². The Labute approximate surface area is 105 Å². The molecule has 1 N–H and O–H groups in total. The van der Waals surface area contributed by atoms with Crippen LogP contribution in [0.4, 0.5) is 4.39 Å². The molecule has 6 nitrogen and oxygen atoms in total. The van der Waals surface area contributed by atoms with Crippen LogP contribution < -0.4 is 0 Å². The number of hydrogen-bond acceptors (Lipinski definition) is 4.